The molecule has 0 spiro atoms. The highest BCUT2D eigenvalue weighted by molar-refractivity contribution is 5.91. The Bertz CT molecular complexity index is 564. The summed E-state index contributed by atoms with van der Waals surface area (Å²) in [6, 6.07) is 2.87. The van der Waals surface area contributed by atoms with Gasteiger partial charge >= 0.3 is 12.1 Å². The van der Waals surface area contributed by atoms with Gasteiger partial charge in [0.05, 0.1) is 12.7 Å². The van der Waals surface area contributed by atoms with Gasteiger partial charge in [0.15, 0.2) is 6.29 Å². The lowest BCUT2D eigenvalue weighted by atomic mass is 10.1. The summed E-state index contributed by atoms with van der Waals surface area (Å²) in [5.41, 5.74) is 0.306. The van der Waals surface area contributed by atoms with E-state index in [2.05, 4.69) is 15.0 Å². The normalized spacial score (nSPS) is 10.7. The van der Waals surface area contributed by atoms with Crippen LogP contribution in [0.15, 0.2) is 12.1 Å². The van der Waals surface area contributed by atoms with Crippen LogP contribution in [-0.4, -0.2) is 42.6 Å². The molecule has 1 aromatic rings. The van der Waals surface area contributed by atoms with Crippen LogP contribution < -0.4 is 5.32 Å². The molecule has 0 aromatic carbocycles. The first-order valence-corrected chi connectivity index (χ1v) is 6.76. The van der Waals surface area contributed by atoms with Crippen LogP contribution in [0.5, 0.6) is 0 Å². The van der Waals surface area contributed by atoms with Crippen molar-refractivity contribution in [3.63, 3.8) is 0 Å². The van der Waals surface area contributed by atoms with Gasteiger partial charge in [-0.05, 0) is 32.9 Å². The summed E-state index contributed by atoms with van der Waals surface area (Å²) >= 11 is 0. The van der Waals surface area contributed by atoms with E-state index in [1.165, 1.54) is 19.2 Å². The molecule has 0 aliphatic carbocycles. The number of aromatic nitrogens is 1. The average Bonchev–Trinajstić information content (AvgIpc) is 2.44. The first-order valence-electron chi connectivity index (χ1n) is 6.76. The van der Waals surface area contributed by atoms with Crippen molar-refractivity contribution in [2.24, 2.45) is 0 Å². The molecule has 0 fully saturated rings. The first-order chi connectivity index (χ1) is 10.2. The predicted octanol–water partition coefficient (Wildman–Crippen LogP) is 1.75. The molecule has 7 heteroatoms. The summed E-state index contributed by atoms with van der Waals surface area (Å²) in [5.74, 6) is -0.549. The highest BCUT2D eigenvalue weighted by atomic mass is 16.6. The zero-order chi connectivity index (χ0) is 16.8. The summed E-state index contributed by atoms with van der Waals surface area (Å²) in [6.07, 6.45) is 0.370. The topological polar surface area (TPSA) is 94.6 Å². The second-order valence-electron chi connectivity index (χ2n) is 5.56. The van der Waals surface area contributed by atoms with Gasteiger partial charge in [-0.25, -0.2) is 14.6 Å². The maximum atomic E-state index is 11.5. The third-order valence-electron chi connectivity index (χ3n) is 2.49. The van der Waals surface area contributed by atoms with Gasteiger partial charge in [-0.3, -0.25) is 4.79 Å². The molecule has 22 heavy (non-hydrogen) atoms. The molecule has 0 bridgehead atoms. The van der Waals surface area contributed by atoms with Crippen molar-refractivity contribution in [3.8, 4) is 0 Å². The minimum atomic E-state index is -0.572. The van der Waals surface area contributed by atoms with E-state index in [1.807, 2.05) is 0 Å². The van der Waals surface area contributed by atoms with E-state index in [0.717, 1.165) is 0 Å². The zero-order valence-electron chi connectivity index (χ0n) is 13.1. The second kappa shape index (κ2) is 7.53. The summed E-state index contributed by atoms with van der Waals surface area (Å²) in [7, 11) is 1.26. The Balaban J connectivity index is 2.67. The fraction of sp³-hybridized carbons (Fsp3) is 0.467. The number of rotatable bonds is 5. The van der Waals surface area contributed by atoms with E-state index in [1.54, 1.807) is 20.8 Å². The van der Waals surface area contributed by atoms with Gasteiger partial charge in [0, 0.05) is 18.7 Å². The largest absolute Gasteiger partial charge is 0.465 e. The lowest BCUT2D eigenvalue weighted by molar-refractivity contribution is 0.0526. The van der Waals surface area contributed by atoms with E-state index in [-0.39, 0.29) is 17.8 Å². The van der Waals surface area contributed by atoms with Crippen LogP contribution in [0.4, 0.5) is 4.79 Å². The zero-order valence-corrected chi connectivity index (χ0v) is 13.1. The Morgan fingerprint density at radius 2 is 2.00 bits per heavy atom. The summed E-state index contributed by atoms with van der Waals surface area (Å²) in [4.78, 5) is 38.0. The molecule has 0 saturated heterocycles. The number of hydrogen-bond acceptors (Lipinski definition) is 6. The number of hydrogen-bond donors (Lipinski definition) is 1. The minimum Gasteiger partial charge on any atom is -0.465 e. The number of pyridine rings is 1. The predicted molar refractivity (Wildman–Crippen MR) is 78.9 cm³/mol. The molecular formula is C15H20N2O5. The van der Waals surface area contributed by atoms with Gasteiger partial charge in [0.25, 0.3) is 0 Å². The number of esters is 1. The Hall–Kier alpha value is -2.44. The van der Waals surface area contributed by atoms with Crippen molar-refractivity contribution in [1.29, 1.82) is 0 Å². The van der Waals surface area contributed by atoms with Gasteiger partial charge in [-0.1, -0.05) is 0 Å². The lowest BCUT2D eigenvalue weighted by Crippen LogP contribution is -2.33. The van der Waals surface area contributed by atoms with Crippen molar-refractivity contribution in [2.75, 3.05) is 13.7 Å². The number of alkyl carbamates (subject to hydrolysis) is 1. The Kier molecular flexibility index (Phi) is 6.03. The molecular weight excluding hydrogens is 288 g/mol. The number of carbonyl (C=O) groups excluding carboxylic acids is 3. The van der Waals surface area contributed by atoms with Gasteiger partial charge in [-0.2, -0.15) is 0 Å². The monoisotopic (exact) mass is 308 g/mol. The molecule has 1 amide bonds. The maximum absolute atomic E-state index is 11.5. The molecule has 0 saturated carbocycles. The molecule has 1 rings (SSSR count). The van der Waals surface area contributed by atoms with Crippen molar-refractivity contribution in [3.05, 3.63) is 29.1 Å². The van der Waals surface area contributed by atoms with E-state index in [0.29, 0.717) is 18.4 Å². The summed E-state index contributed by atoms with van der Waals surface area (Å²) in [5, 5.41) is 2.58. The van der Waals surface area contributed by atoms with Gasteiger partial charge in [0.2, 0.25) is 0 Å². The van der Waals surface area contributed by atoms with E-state index >= 15 is 0 Å². The molecule has 120 valence electrons. The first kappa shape index (κ1) is 17.6. The molecule has 0 atom stereocenters. The van der Waals surface area contributed by atoms with E-state index in [9.17, 15) is 14.4 Å². The average molecular weight is 308 g/mol. The third-order valence-corrected chi connectivity index (χ3v) is 2.49. The highest BCUT2D eigenvalue weighted by Gasteiger charge is 2.16. The van der Waals surface area contributed by atoms with Crippen LogP contribution in [0.25, 0.3) is 0 Å². The number of nitrogens with one attached hydrogen (secondary N) is 1. The van der Waals surface area contributed by atoms with Crippen LogP contribution in [-0.2, 0) is 15.9 Å². The van der Waals surface area contributed by atoms with Crippen molar-refractivity contribution in [1.82, 2.24) is 10.3 Å². The van der Waals surface area contributed by atoms with Crippen molar-refractivity contribution >= 4 is 18.3 Å². The smallest absolute Gasteiger partial charge is 0.407 e. The molecule has 0 aliphatic heterocycles. The van der Waals surface area contributed by atoms with Gasteiger partial charge < -0.3 is 14.8 Å². The van der Waals surface area contributed by atoms with Gasteiger partial charge in [0.1, 0.15) is 11.3 Å². The number of amides is 1. The van der Waals surface area contributed by atoms with Crippen LogP contribution in [0.1, 0.15) is 47.3 Å². The molecule has 0 radical (unpaired) electrons. The number of nitrogens with zero attached hydrogens (tertiary/aromatic N) is 1. The van der Waals surface area contributed by atoms with Crippen LogP contribution in [0.2, 0.25) is 0 Å². The molecule has 0 unspecified atom stereocenters. The lowest BCUT2D eigenvalue weighted by Gasteiger charge is -2.19. The number of methoxy groups -OCH3 is 1. The quantitative estimate of drug-likeness (QED) is 0.658. The SMILES string of the molecule is COC(=O)c1cc(C=O)nc(CCNC(=O)OC(C)(C)C)c1. The highest BCUT2D eigenvalue weighted by Crippen LogP contribution is 2.08. The Morgan fingerprint density at radius 3 is 2.55 bits per heavy atom. The fourth-order valence-corrected chi connectivity index (χ4v) is 1.64. The number of ether oxygens (including phenoxy) is 2. The molecule has 0 aliphatic rings. The maximum Gasteiger partial charge on any atom is 0.407 e. The molecule has 1 heterocycles. The van der Waals surface area contributed by atoms with Crippen molar-refractivity contribution in [2.45, 2.75) is 32.8 Å². The molecule has 1 N–H and O–H groups in total. The Morgan fingerprint density at radius 1 is 1.32 bits per heavy atom. The van der Waals surface area contributed by atoms with Crippen LogP contribution in [0, 0.1) is 0 Å². The molecule has 1 aromatic heterocycles. The fourth-order valence-electron chi connectivity index (χ4n) is 1.64. The number of aldehydes is 1. The van der Waals surface area contributed by atoms with E-state index in [4.69, 9.17) is 4.74 Å². The van der Waals surface area contributed by atoms with E-state index < -0.39 is 17.7 Å². The summed E-state index contributed by atoms with van der Waals surface area (Å²) < 4.78 is 9.72. The van der Waals surface area contributed by atoms with Gasteiger partial charge in [-0.15, -0.1) is 0 Å². The summed E-state index contributed by atoms with van der Waals surface area (Å²) in [6.45, 7) is 5.57. The van der Waals surface area contributed by atoms with Crippen LogP contribution in [0.3, 0.4) is 0 Å². The minimum absolute atomic E-state index is 0.134. The Labute approximate surface area is 129 Å². The third kappa shape index (κ3) is 5.90. The standard InChI is InChI=1S/C15H20N2O5/c1-15(2,3)22-14(20)16-6-5-11-7-10(13(19)21-4)8-12(9-18)17-11/h7-9H,5-6H2,1-4H3,(H,16,20). The van der Waals surface area contributed by atoms with Crippen molar-refractivity contribution < 1.29 is 23.9 Å². The molecule has 7 nitrogen and oxygen atoms in total. The van der Waals surface area contributed by atoms with Crippen LogP contribution >= 0.6 is 0 Å². The number of carbonyl (C=O) groups is 3. The second-order valence-corrected chi connectivity index (χ2v) is 5.56.